The smallest absolute Gasteiger partial charge is 0.422 e. The van der Waals surface area contributed by atoms with Crippen LogP contribution in [0.25, 0.3) is 0 Å². The Balaban J connectivity index is 2.48. The molecule has 12 heavy (non-hydrogen) atoms. The molecular formula is C8H11BO3. The van der Waals surface area contributed by atoms with E-state index in [1.807, 2.05) is 18.2 Å². The fourth-order valence-corrected chi connectivity index (χ4v) is 0.806. The Hall–Kier alpha value is -0.835. The van der Waals surface area contributed by atoms with E-state index < -0.39 is 7.12 Å². The van der Waals surface area contributed by atoms with Crippen molar-refractivity contribution < 1.29 is 14.7 Å². The van der Waals surface area contributed by atoms with Crippen LogP contribution in [-0.4, -0.2) is 18.7 Å². The van der Waals surface area contributed by atoms with Crippen LogP contribution in [0.4, 0.5) is 0 Å². The van der Waals surface area contributed by atoms with Crippen molar-refractivity contribution in [1.82, 2.24) is 0 Å². The van der Waals surface area contributed by atoms with Crippen molar-refractivity contribution >= 4 is 12.6 Å². The van der Waals surface area contributed by atoms with Crippen LogP contribution in [0.3, 0.4) is 0 Å². The van der Waals surface area contributed by atoms with Gasteiger partial charge in [0.2, 0.25) is 0 Å². The second kappa shape index (κ2) is 4.93. The highest BCUT2D eigenvalue weighted by Gasteiger charge is 2.16. The van der Waals surface area contributed by atoms with Gasteiger partial charge in [-0.25, -0.2) is 4.89 Å². The van der Waals surface area contributed by atoms with Crippen LogP contribution in [0.1, 0.15) is 6.92 Å². The van der Waals surface area contributed by atoms with Gasteiger partial charge < -0.3 is 5.02 Å². The first-order chi connectivity index (χ1) is 5.84. The maximum atomic E-state index is 9.30. The molecule has 3 nitrogen and oxygen atoms in total. The van der Waals surface area contributed by atoms with Gasteiger partial charge in [-0.1, -0.05) is 30.3 Å². The monoisotopic (exact) mass is 166 g/mol. The van der Waals surface area contributed by atoms with Gasteiger partial charge in [0.1, 0.15) is 0 Å². The van der Waals surface area contributed by atoms with Crippen molar-refractivity contribution in [3.05, 3.63) is 30.3 Å². The lowest BCUT2D eigenvalue weighted by molar-refractivity contribution is -0.216. The van der Waals surface area contributed by atoms with E-state index in [1.54, 1.807) is 19.1 Å². The SMILES string of the molecule is CCOOB(O)c1ccccc1. The summed E-state index contributed by atoms with van der Waals surface area (Å²) in [6.07, 6.45) is 0. The minimum atomic E-state index is -0.994. The van der Waals surface area contributed by atoms with Crippen molar-refractivity contribution in [2.75, 3.05) is 6.61 Å². The standard InChI is InChI=1S/C8H11BO3/c1-2-11-12-9(10)8-6-4-3-5-7-8/h3-7,10H,2H2,1H3. The number of benzene rings is 1. The molecule has 0 amide bonds. The molecule has 1 rings (SSSR count). The van der Waals surface area contributed by atoms with Crippen LogP contribution in [0.2, 0.25) is 0 Å². The van der Waals surface area contributed by atoms with E-state index in [4.69, 9.17) is 0 Å². The van der Waals surface area contributed by atoms with Crippen LogP contribution in [0, 0.1) is 0 Å². The van der Waals surface area contributed by atoms with Crippen LogP contribution < -0.4 is 5.46 Å². The zero-order valence-corrected chi connectivity index (χ0v) is 6.93. The first-order valence-corrected chi connectivity index (χ1v) is 3.86. The maximum absolute atomic E-state index is 9.30. The molecule has 0 aliphatic rings. The summed E-state index contributed by atoms with van der Waals surface area (Å²) >= 11 is 0. The molecule has 1 aromatic rings. The molecule has 0 heterocycles. The van der Waals surface area contributed by atoms with E-state index >= 15 is 0 Å². The van der Waals surface area contributed by atoms with Crippen LogP contribution in [0.5, 0.6) is 0 Å². The van der Waals surface area contributed by atoms with Crippen molar-refractivity contribution in [1.29, 1.82) is 0 Å². The summed E-state index contributed by atoms with van der Waals surface area (Å²) in [6, 6.07) is 9.06. The van der Waals surface area contributed by atoms with E-state index in [9.17, 15) is 5.02 Å². The van der Waals surface area contributed by atoms with Gasteiger partial charge in [-0.15, -0.1) is 0 Å². The second-order valence-corrected chi connectivity index (χ2v) is 2.27. The third-order valence-corrected chi connectivity index (χ3v) is 1.36. The van der Waals surface area contributed by atoms with E-state index in [2.05, 4.69) is 9.69 Å². The van der Waals surface area contributed by atoms with Gasteiger partial charge in [-0.05, 0) is 12.4 Å². The van der Waals surface area contributed by atoms with E-state index in [1.165, 1.54) is 0 Å². The average molecular weight is 166 g/mol. The second-order valence-electron chi connectivity index (χ2n) is 2.27. The van der Waals surface area contributed by atoms with E-state index in [-0.39, 0.29) is 0 Å². The molecule has 0 aliphatic heterocycles. The highest BCUT2D eigenvalue weighted by atomic mass is 17.2. The van der Waals surface area contributed by atoms with Gasteiger partial charge in [-0.2, -0.15) is 0 Å². The molecule has 1 N–H and O–H groups in total. The number of rotatable bonds is 4. The number of hydrogen-bond acceptors (Lipinski definition) is 3. The molecule has 0 bridgehead atoms. The first-order valence-electron chi connectivity index (χ1n) is 3.86. The van der Waals surface area contributed by atoms with Crippen LogP contribution in [0.15, 0.2) is 30.3 Å². The normalized spacial score (nSPS) is 9.83. The molecule has 0 fully saturated rings. The summed E-state index contributed by atoms with van der Waals surface area (Å²) in [5.41, 5.74) is 0.686. The summed E-state index contributed by atoms with van der Waals surface area (Å²) in [7, 11) is -0.994. The molecule has 0 unspecified atom stereocenters. The zero-order valence-electron chi connectivity index (χ0n) is 6.93. The lowest BCUT2D eigenvalue weighted by Gasteiger charge is -2.04. The molecule has 0 saturated carbocycles. The molecule has 0 saturated heterocycles. The Morgan fingerprint density at radius 2 is 2.00 bits per heavy atom. The topological polar surface area (TPSA) is 38.7 Å². The molecule has 4 heteroatoms. The van der Waals surface area contributed by atoms with Gasteiger partial charge >= 0.3 is 7.12 Å². The third-order valence-electron chi connectivity index (χ3n) is 1.36. The van der Waals surface area contributed by atoms with Crippen molar-refractivity contribution in [2.24, 2.45) is 0 Å². The molecule has 1 aromatic carbocycles. The Morgan fingerprint density at radius 3 is 2.58 bits per heavy atom. The fraction of sp³-hybridized carbons (Fsp3) is 0.250. The van der Waals surface area contributed by atoms with Gasteiger partial charge in [0.15, 0.2) is 0 Å². The minimum absolute atomic E-state index is 0.421. The fourth-order valence-electron chi connectivity index (χ4n) is 0.806. The predicted octanol–water partition coefficient (Wildman–Crippen LogP) is 0.342. The Morgan fingerprint density at radius 1 is 1.33 bits per heavy atom. The number of hydrogen-bond donors (Lipinski definition) is 1. The summed E-state index contributed by atoms with van der Waals surface area (Å²) < 4.78 is 0. The Kier molecular flexibility index (Phi) is 3.80. The molecule has 0 atom stereocenters. The zero-order chi connectivity index (χ0) is 8.81. The minimum Gasteiger partial charge on any atom is -0.422 e. The van der Waals surface area contributed by atoms with E-state index in [0.29, 0.717) is 12.1 Å². The van der Waals surface area contributed by atoms with E-state index in [0.717, 1.165) is 0 Å². The third kappa shape index (κ3) is 2.66. The summed E-state index contributed by atoms with van der Waals surface area (Å²) in [4.78, 5) is 9.23. The largest absolute Gasteiger partial charge is 0.523 e. The highest BCUT2D eigenvalue weighted by molar-refractivity contribution is 6.59. The molecular weight excluding hydrogens is 155 g/mol. The molecule has 0 spiro atoms. The average Bonchev–Trinajstić information content (AvgIpc) is 2.15. The lowest BCUT2D eigenvalue weighted by atomic mass is 9.80. The Labute approximate surface area is 72.0 Å². The summed E-state index contributed by atoms with van der Waals surface area (Å²) in [5, 5.41) is 9.30. The van der Waals surface area contributed by atoms with Gasteiger partial charge in [0.25, 0.3) is 0 Å². The van der Waals surface area contributed by atoms with Crippen LogP contribution >= 0.6 is 0 Å². The molecule has 0 radical (unpaired) electrons. The molecule has 0 aliphatic carbocycles. The first kappa shape index (κ1) is 9.25. The van der Waals surface area contributed by atoms with Gasteiger partial charge in [0, 0.05) is 0 Å². The predicted molar refractivity (Wildman–Crippen MR) is 46.8 cm³/mol. The van der Waals surface area contributed by atoms with Gasteiger partial charge in [0.05, 0.1) is 6.61 Å². The Bertz CT molecular complexity index is 215. The lowest BCUT2D eigenvalue weighted by Crippen LogP contribution is -2.33. The molecule has 64 valence electrons. The van der Waals surface area contributed by atoms with Crippen LogP contribution in [-0.2, 0) is 9.69 Å². The van der Waals surface area contributed by atoms with Crippen molar-refractivity contribution in [3.8, 4) is 0 Å². The quantitative estimate of drug-likeness (QED) is 0.398. The highest BCUT2D eigenvalue weighted by Crippen LogP contribution is 1.88. The maximum Gasteiger partial charge on any atom is 0.523 e. The molecule has 0 aromatic heterocycles. The van der Waals surface area contributed by atoms with Gasteiger partial charge in [-0.3, -0.25) is 4.81 Å². The summed E-state index contributed by atoms with van der Waals surface area (Å²) in [6.45, 7) is 2.21. The summed E-state index contributed by atoms with van der Waals surface area (Å²) in [5.74, 6) is 0. The van der Waals surface area contributed by atoms with Crippen molar-refractivity contribution in [3.63, 3.8) is 0 Å². The van der Waals surface area contributed by atoms with Crippen molar-refractivity contribution in [2.45, 2.75) is 6.92 Å².